The van der Waals surface area contributed by atoms with Gasteiger partial charge in [-0.05, 0) is 12.5 Å². The van der Waals surface area contributed by atoms with Crippen LogP contribution in [0.3, 0.4) is 0 Å². The van der Waals surface area contributed by atoms with Gasteiger partial charge in [0.1, 0.15) is 5.82 Å². The van der Waals surface area contributed by atoms with Crippen molar-refractivity contribution < 1.29 is 4.79 Å². The van der Waals surface area contributed by atoms with Gasteiger partial charge in [-0.1, -0.05) is 55.4 Å². The quantitative estimate of drug-likeness (QED) is 0.805. The van der Waals surface area contributed by atoms with Gasteiger partial charge in [0.25, 0.3) is 0 Å². The number of amides is 1. The van der Waals surface area contributed by atoms with E-state index in [1.54, 1.807) is 0 Å². The van der Waals surface area contributed by atoms with E-state index in [1.807, 2.05) is 45.0 Å². The van der Waals surface area contributed by atoms with Crippen molar-refractivity contribution in [1.29, 1.82) is 0 Å². The Bertz CT molecular complexity index is 592. The number of nitrogens with one attached hydrogen (secondary N) is 2. The van der Waals surface area contributed by atoms with Crippen molar-refractivity contribution in [2.75, 3.05) is 5.75 Å². The summed E-state index contributed by atoms with van der Waals surface area (Å²) in [6.45, 7) is 6.68. The summed E-state index contributed by atoms with van der Waals surface area (Å²) in [5.41, 5.74) is 2.31. The van der Waals surface area contributed by atoms with Crippen molar-refractivity contribution in [3.63, 3.8) is 0 Å². The number of hydrogen-bond donors (Lipinski definition) is 2. The number of benzene rings is 1. The molecule has 1 aromatic carbocycles. The van der Waals surface area contributed by atoms with Gasteiger partial charge in [0.2, 0.25) is 11.1 Å². The molecule has 112 valence electrons. The van der Waals surface area contributed by atoms with Crippen molar-refractivity contribution in [2.45, 2.75) is 38.4 Å². The number of nitrogens with zero attached hydrogens (tertiary/aromatic N) is 2. The Morgan fingerprint density at radius 2 is 2.05 bits per heavy atom. The summed E-state index contributed by atoms with van der Waals surface area (Å²) < 4.78 is 0. The summed E-state index contributed by atoms with van der Waals surface area (Å²) in [7, 11) is 0. The van der Waals surface area contributed by atoms with E-state index in [9.17, 15) is 4.79 Å². The van der Waals surface area contributed by atoms with E-state index in [-0.39, 0.29) is 5.91 Å². The maximum atomic E-state index is 11.8. The van der Waals surface area contributed by atoms with Crippen molar-refractivity contribution in [1.82, 2.24) is 20.5 Å². The summed E-state index contributed by atoms with van der Waals surface area (Å²) >= 11 is 1.34. The molecule has 0 aliphatic carbocycles. The molecule has 0 unspecified atom stereocenters. The molecular formula is C15H20N4OS. The summed E-state index contributed by atoms with van der Waals surface area (Å²) in [5.74, 6) is 1.46. The lowest BCUT2D eigenvalue weighted by Gasteiger charge is -2.04. The molecule has 1 aromatic heterocycles. The van der Waals surface area contributed by atoms with Crippen molar-refractivity contribution in [2.24, 2.45) is 0 Å². The maximum Gasteiger partial charge on any atom is 0.230 e. The highest BCUT2D eigenvalue weighted by atomic mass is 32.2. The third-order valence-electron chi connectivity index (χ3n) is 2.97. The lowest BCUT2D eigenvalue weighted by Crippen LogP contribution is -2.24. The van der Waals surface area contributed by atoms with E-state index >= 15 is 0 Å². The second-order valence-corrected chi connectivity index (χ2v) is 6.15. The van der Waals surface area contributed by atoms with Crippen LogP contribution in [0.1, 0.15) is 36.7 Å². The first kappa shape index (κ1) is 15.6. The highest BCUT2D eigenvalue weighted by Gasteiger charge is 2.09. The normalized spacial score (nSPS) is 10.9. The highest BCUT2D eigenvalue weighted by molar-refractivity contribution is 7.99. The van der Waals surface area contributed by atoms with Gasteiger partial charge < -0.3 is 5.32 Å². The smallest absolute Gasteiger partial charge is 0.230 e. The number of H-pyrrole nitrogens is 1. The second kappa shape index (κ2) is 7.26. The molecule has 0 atom stereocenters. The molecule has 0 aliphatic heterocycles. The highest BCUT2D eigenvalue weighted by Crippen LogP contribution is 2.15. The Morgan fingerprint density at radius 1 is 1.33 bits per heavy atom. The maximum absolute atomic E-state index is 11.8. The third-order valence-corrected chi connectivity index (χ3v) is 3.82. The SMILES string of the molecule is Cc1ccc(CNC(=O)CSc2n[nH]c(C(C)C)n2)cc1. The first-order valence-electron chi connectivity index (χ1n) is 6.92. The van der Waals surface area contributed by atoms with Gasteiger partial charge in [-0.25, -0.2) is 4.98 Å². The Kier molecular flexibility index (Phi) is 5.38. The molecule has 0 saturated heterocycles. The summed E-state index contributed by atoms with van der Waals surface area (Å²) in [6, 6.07) is 8.12. The number of aromatic amines is 1. The van der Waals surface area contributed by atoms with E-state index in [2.05, 4.69) is 20.5 Å². The fourth-order valence-corrected chi connectivity index (χ4v) is 2.30. The number of thioether (sulfide) groups is 1. The lowest BCUT2D eigenvalue weighted by molar-refractivity contribution is -0.118. The number of carbonyl (C=O) groups is 1. The summed E-state index contributed by atoms with van der Waals surface area (Å²) in [4.78, 5) is 16.1. The lowest BCUT2D eigenvalue weighted by atomic mass is 10.1. The van der Waals surface area contributed by atoms with E-state index < -0.39 is 0 Å². The van der Waals surface area contributed by atoms with E-state index in [0.29, 0.717) is 23.4 Å². The first-order valence-corrected chi connectivity index (χ1v) is 7.90. The monoisotopic (exact) mass is 304 g/mol. The molecule has 0 spiro atoms. The number of aryl methyl sites for hydroxylation is 1. The Balaban J connectivity index is 1.75. The van der Waals surface area contributed by atoms with Crippen LogP contribution in [0.5, 0.6) is 0 Å². The number of carbonyl (C=O) groups excluding carboxylic acids is 1. The van der Waals surface area contributed by atoms with E-state index in [1.165, 1.54) is 17.3 Å². The van der Waals surface area contributed by atoms with Crippen LogP contribution >= 0.6 is 11.8 Å². The standard InChI is InChI=1S/C15H20N4OS/c1-10(2)14-17-15(19-18-14)21-9-13(20)16-8-12-6-4-11(3)5-7-12/h4-7,10H,8-9H2,1-3H3,(H,16,20)(H,17,18,19). The van der Waals surface area contributed by atoms with Gasteiger partial charge in [-0.3, -0.25) is 9.89 Å². The molecule has 0 aliphatic rings. The number of rotatable bonds is 6. The van der Waals surface area contributed by atoms with Crippen LogP contribution in [-0.2, 0) is 11.3 Å². The van der Waals surface area contributed by atoms with Gasteiger partial charge in [0.15, 0.2) is 0 Å². The molecule has 0 fully saturated rings. The minimum Gasteiger partial charge on any atom is -0.351 e. The predicted molar refractivity (Wildman–Crippen MR) is 84.2 cm³/mol. The fourth-order valence-electron chi connectivity index (χ4n) is 1.67. The molecule has 2 rings (SSSR count). The minimum absolute atomic E-state index is 0.0172. The second-order valence-electron chi connectivity index (χ2n) is 5.21. The van der Waals surface area contributed by atoms with Gasteiger partial charge >= 0.3 is 0 Å². The zero-order valence-corrected chi connectivity index (χ0v) is 13.3. The molecule has 21 heavy (non-hydrogen) atoms. The zero-order chi connectivity index (χ0) is 15.2. The van der Waals surface area contributed by atoms with Crippen LogP contribution in [0, 0.1) is 6.92 Å². The van der Waals surface area contributed by atoms with Gasteiger partial charge in [-0.2, -0.15) is 0 Å². The molecule has 1 amide bonds. The third kappa shape index (κ3) is 4.90. The molecule has 2 N–H and O–H groups in total. The molecule has 5 nitrogen and oxygen atoms in total. The van der Waals surface area contributed by atoms with Crippen LogP contribution < -0.4 is 5.32 Å². The Labute approximate surface area is 128 Å². The minimum atomic E-state index is -0.0172. The molecule has 0 bridgehead atoms. The first-order chi connectivity index (χ1) is 10.0. The predicted octanol–water partition coefficient (Wildman–Crippen LogP) is 2.65. The van der Waals surface area contributed by atoms with E-state index in [0.717, 1.165) is 11.4 Å². The van der Waals surface area contributed by atoms with Crippen LogP contribution in [0.4, 0.5) is 0 Å². The molecule has 2 aromatic rings. The largest absolute Gasteiger partial charge is 0.351 e. The van der Waals surface area contributed by atoms with Gasteiger partial charge in [-0.15, -0.1) is 5.10 Å². The number of hydrogen-bond acceptors (Lipinski definition) is 4. The van der Waals surface area contributed by atoms with Crippen LogP contribution in [-0.4, -0.2) is 26.8 Å². The molecule has 0 saturated carbocycles. The van der Waals surface area contributed by atoms with Crippen molar-refractivity contribution >= 4 is 17.7 Å². The zero-order valence-electron chi connectivity index (χ0n) is 12.5. The van der Waals surface area contributed by atoms with Gasteiger partial charge in [0.05, 0.1) is 5.75 Å². The summed E-state index contributed by atoms with van der Waals surface area (Å²) in [5, 5.41) is 10.5. The van der Waals surface area contributed by atoms with Crippen molar-refractivity contribution in [3.05, 3.63) is 41.2 Å². The fraction of sp³-hybridized carbons (Fsp3) is 0.400. The van der Waals surface area contributed by atoms with E-state index in [4.69, 9.17) is 0 Å². The molecule has 6 heteroatoms. The van der Waals surface area contributed by atoms with Crippen molar-refractivity contribution in [3.8, 4) is 0 Å². The van der Waals surface area contributed by atoms with Crippen LogP contribution in [0.2, 0.25) is 0 Å². The Hall–Kier alpha value is -1.82. The average molecular weight is 304 g/mol. The topological polar surface area (TPSA) is 70.7 Å². The average Bonchev–Trinajstić information content (AvgIpc) is 2.93. The number of aromatic nitrogens is 3. The molecular weight excluding hydrogens is 284 g/mol. The van der Waals surface area contributed by atoms with Gasteiger partial charge in [0, 0.05) is 12.5 Å². The molecule has 0 radical (unpaired) electrons. The Morgan fingerprint density at radius 3 is 2.67 bits per heavy atom. The van der Waals surface area contributed by atoms with Crippen LogP contribution in [0.15, 0.2) is 29.4 Å². The van der Waals surface area contributed by atoms with Crippen LogP contribution in [0.25, 0.3) is 0 Å². The summed E-state index contributed by atoms with van der Waals surface area (Å²) in [6.07, 6.45) is 0. The molecule has 1 heterocycles.